The van der Waals surface area contributed by atoms with Crippen LogP contribution in [0.4, 0.5) is 5.69 Å². The second kappa shape index (κ2) is 9.75. The zero-order valence-corrected chi connectivity index (χ0v) is 21.5. The molecule has 1 saturated carbocycles. The molecule has 9 heteroatoms. The minimum absolute atomic E-state index is 0.0503. The van der Waals surface area contributed by atoms with Crippen molar-refractivity contribution >= 4 is 42.9 Å². The molecule has 1 atom stereocenters. The molecule has 2 aliphatic rings. The lowest BCUT2D eigenvalue weighted by atomic mass is 9.97. The third-order valence-electron chi connectivity index (χ3n) is 5.99. The zero-order valence-electron chi connectivity index (χ0n) is 18.9. The van der Waals surface area contributed by atoms with Gasteiger partial charge in [-0.1, -0.05) is 42.8 Å². The van der Waals surface area contributed by atoms with E-state index in [1.807, 2.05) is 16.9 Å². The monoisotopic (exact) mass is 495 g/mol. The Bertz CT molecular complexity index is 972. The van der Waals surface area contributed by atoms with Gasteiger partial charge in [-0.3, -0.25) is 9.48 Å². The number of rotatable bonds is 10. The highest BCUT2D eigenvalue weighted by molar-refractivity contribution is 6.76. The Morgan fingerprint density at radius 2 is 2.00 bits per heavy atom. The molecule has 0 unspecified atom stereocenters. The molecule has 1 aromatic carbocycles. The molecule has 2 heterocycles. The van der Waals surface area contributed by atoms with Crippen LogP contribution >= 0.6 is 23.2 Å². The van der Waals surface area contributed by atoms with Crippen LogP contribution in [0.25, 0.3) is 0 Å². The summed E-state index contributed by atoms with van der Waals surface area (Å²) < 4.78 is 13.6. The van der Waals surface area contributed by atoms with Crippen molar-refractivity contribution in [1.82, 2.24) is 9.78 Å². The Kier molecular flexibility index (Phi) is 7.20. The van der Waals surface area contributed by atoms with Crippen molar-refractivity contribution in [2.24, 2.45) is 5.92 Å². The number of hydrogen-bond donors (Lipinski definition) is 0. The Morgan fingerprint density at radius 3 is 2.72 bits per heavy atom. The van der Waals surface area contributed by atoms with E-state index < -0.39 is 8.07 Å². The summed E-state index contributed by atoms with van der Waals surface area (Å²) in [6, 6.07) is 4.61. The number of amides is 1. The molecule has 0 spiro atoms. The quantitative estimate of drug-likeness (QED) is 0.237. The van der Waals surface area contributed by atoms with Gasteiger partial charge in [0.15, 0.2) is 6.79 Å². The molecule has 1 aliphatic carbocycles. The lowest BCUT2D eigenvalue weighted by Gasteiger charge is -2.20. The molecule has 6 nitrogen and oxygen atoms in total. The molecule has 32 heavy (non-hydrogen) atoms. The van der Waals surface area contributed by atoms with Gasteiger partial charge in [0.2, 0.25) is 5.91 Å². The average Bonchev–Trinajstić information content (AvgIpc) is 3.27. The molecule has 1 aromatic heterocycles. The van der Waals surface area contributed by atoms with Crippen molar-refractivity contribution < 1.29 is 14.3 Å². The number of carbonyl (C=O) groups is 1. The smallest absolute Gasteiger partial charge is 0.227 e. The topological polar surface area (TPSA) is 56.6 Å². The number of hydrogen-bond acceptors (Lipinski definition) is 4. The molecule has 0 radical (unpaired) electrons. The first-order valence-electron chi connectivity index (χ1n) is 11.2. The van der Waals surface area contributed by atoms with Crippen molar-refractivity contribution in [3.8, 4) is 5.75 Å². The van der Waals surface area contributed by atoms with E-state index in [9.17, 15) is 4.79 Å². The summed E-state index contributed by atoms with van der Waals surface area (Å²) in [7, 11) is -1.16. The third kappa shape index (κ3) is 5.87. The lowest BCUT2D eigenvalue weighted by Crippen LogP contribution is -2.24. The van der Waals surface area contributed by atoms with E-state index in [1.165, 1.54) is 12.8 Å². The molecule has 2 fully saturated rings. The molecular formula is C23H31Cl2N3O3Si. The minimum Gasteiger partial charge on any atom is -0.467 e. The molecule has 1 saturated heterocycles. The van der Waals surface area contributed by atoms with Crippen LogP contribution in [0.3, 0.4) is 0 Å². The van der Waals surface area contributed by atoms with Crippen LogP contribution in [-0.2, 0) is 16.1 Å². The van der Waals surface area contributed by atoms with Crippen LogP contribution in [0.2, 0.25) is 35.7 Å². The Morgan fingerprint density at radius 1 is 1.22 bits per heavy atom. The predicted octanol–water partition coefficient (Wildman–Crippen LogP) is 5.81. The Hall–Kier alpha value is -1.54. The third-order valence-corrected chi connectivity index (χ3v) is 8.52. The number of aromatic nitrogens is 2. The summed E-state index contributed by atoms with van der Waals surface area (Å²) in [6.45, 7) is 9.19. The van der Waals surface area contributed by atoms with Crippen molar-refractivity contribution in [1.29, 1.82) is 0 Å². The highest BCUT2D eigenvalue weighted by Crippen LogP contribution is 2.43. The SMILES string of the molecule is C[Si](C)(C)CCOCOc1ccc(Cl)c(Cl)c1[C@@H]1CC(=O)N(c2cnn(CC3CC3)c2)C1. The molecule has 0 bridgehead atoms. The van der Waals surface area contributed by atoms with Crippen molar-refractivity contribution in [2.45, 2.75) is 57.4 Å². The van der Waals surface area contributed by atoms with Crippen molar-refractivity contribution in [3.63, 3.8) is 0 Å². The average molecular weight is 497 g/mol. The summed E-state index contributed by atoms with van der Waals surface area (Å²) in [6.07, 6.45) is 6.60. The second-order valence-corrected chi connectivity index (χ2v) is 16.4. The largest absolute Gasteiger partial charge is 0.467 e. The van der Waals surface area contributed by atoms with Gasteiger partial charge in [-0.2, -0.15) is 5.10 Å². The molecule has 1 amide bonds. The van der Waals surface area contributed by atoms with Gasteiger partial charge in [-0.15, -0.1) is 0 Å². The lowest BCUT2D eigenvalue weighted by molar-refractivity contribution is -0.117. The summed E-state index contributed by atoms with van der Waals surface area (Å²) >= 11 is 12.9. The maximum atomic E-state index is 12.9. The van der Waals surface area contributed by atoms with Gasteiger partial charge in [0, 0.05) is 51.9 Å². The Balaban J connectivity index is 1.44. The summed E-state index contributed by atoms with van der Waals surface area (Å²) in [5, 5.41) is 5.33. The summed E-state index contributed by atoms with van der Waals surface area (Å²) in [5.74, 6) is 1.28. The Labute approximate surface area is 200 Å². The van der Waals surface area contributed by atoms with Gasteiger partial charge in [0.25, 0.3) is 0 Å². The van der Waals surface area contributed by atoms with Crippen LogP contribution in [-0.4, -0.2) is 43.7 Å². The first-order chi connectivity index (χ1) is 15.2. The number of nitrogens with zero attached hydrogens (tertiary/aromatic N) is 3. The van der Waals surface area contributed by atoms with Crippen molar-refractivity contribution in [3.05, 3.63) is 40.1 Å². The fourth-order valence-corrected chi connectivity index (χ4v) is 5.14. The fourth-order valence-electron chi connectivity index (χ4n) is 3.90. The summed E-state index contributed by atoms with van der Waals surface area (Å²) in [4.78, 5) is 14.6. The normalized spacial score (nSPS) is 19.1. The van der Waals surface area contributed by atoms with E-state index in [-0.39, 0.29) is 18.6 Å². The van der Waals surface area contributed by atoms with Crippen LogP contribution in [0.15, 0.2) is 24.5 Å². The molecule has 4 rings (SSSR count). The fraction of sp³-hybridized carbons (Fsp3) is 0.565. The number of halogens is 2. The first kappa shape index (κ1) is 23.6. The van der Waals surface area contributed by atoms with Gasteiger partial charge in [0.05, 0.1) is 21.9 Å². The second-order valence-electron chi connectivity index (χ2n) is 10.0. The van der Waals surface area contributed by atoms with E-state index >= 15 is 0 Å². The van der Waals surface area contributed by atoms with Crippen LogP contribution in [0.1, 0.15) is 30.7 Å². The van der Waals surface area contributed by atoms with E-state index in [2.05, 4.69) is 24.7 Å². The molecule has 1 aliphatic heterocycles. The van der Waals surface area contributed by atoms with Gasteiger partial charge < -0.3 is 14.4 Å². The number of ether oxygens (including phenoxy) is 2. The van der Waals surface area contributed by atoms with Gasteiger partial charge in [0.1, 0.15) is 5.75 Å². The van der Waals surface area contributed by atoms with Crippen molar-refractivity contribution in [2.75, 3.05) is 24.8 Å². The maximum absolute atomic E-state index is 12.9. The minimum atomic E-state index is -1.16. The predicted molar refractivity (Wildman–Crippen MR) is 131 cm³/mol. The van der Waals surface area contributed by atoms with Crippen LogP contribution in [0.5, 0.6) is 5.75 Å². The van der Waals surface area contributed by atoms with E-state index in [4.69, 9.17) is 32.7 Å². The molecule has 0 N–H and O–H groups in total. The van der Waals surface area contributed by atoms with Gasteiger partial charge >= 0.3 is 0 Å². The summed E-state index contributed by atoms with van der Waals surface area (Å²) in [5.41, 5.74) is 1.60. The molecular weight excluding hydrogens is 465 g/mol. The highest BCUT2D eigenvalue weighted by atomic mass is 35.5. The first-order valence-corrected chi connectivity index (χ1v) is 15.7. The van der Waals surface area contributed by atoms with Gasteiger partial charge in [-0.05, 0) is 36.9 Å². The van der Waals surface area contributed by atoms with E-state index in [1.54, 1.807) is 17.2 Å². The van der Waals surface area contributed by atoms with Crippen LogP contribution in [0, 0.1) is 5.92 Å². The number of anilines is 1. The standard InChI is InChI=1S/C23H31Cl2N3O3Si/c1-32(2,3)9-8-30-15-31-20-7-6-19(24)23(25)22(20)17-10-21(29)28(13-17)18-11-26-27(14-18)12-16-4-5-16/h6-7,11,14,16-17H,4-5,8-10,12-13,15H2,1-3H3/t17-/m1/s1. The highest BCUT2D eigenvalue weighted by Gasteiger charge is 2.36. The van der Waals surface area contributed by atoms with E-state index in [0.717, 1.165) is 29.8 Å². The van der Waals surface area contributed by atoms with Gasteiger partial charge in [-0.25, -0.2) is 0 Å². The molecule has 2 aromatic rings. The number of benzene rings is 1. The number of carbonyl (C=O) groups excluding carboxylic acids is 1. The molecule has 174 valence electrons. The zero-order chi connectivity index (χ0) is 22.9. The maximum Gasteiger partial charge on any atom is 0.227 e. The van der Waals surface area contributed by atoms with Crippen LogP contribution < -0.4 is 9.64 Å². The van der Waals surface area contributed by atoms with E-state index in [0.29, 0.717) is 35.4 Å².